The van der Waals surface area contributed by atoms with Crippen LogP contribution in [0.4, 0.5) is 10.6 Å². The summed E-state index contributed by atoms with van der Waals surface area (Å²) in [7, 11) is 1.80. The van der Waals surface area contributed by atoms with Crippen molar-refractivity contribution < 1.29 is 4.79 Å². The number of carbonyl (C=O) groups is 1. The number of urea groups is 1. The van der Waals surface area contributed by atoms with Crippen molar-refractivity contribution in [1.29, 1.82) is 0 Å². The lowest BCUT2D eigenvalue weighted by Gasteiger charge is -2.36. The van der Waals surface area contributed by atoms with Crippen molar-refractivity contribution in [1.82, 2.24) is 20.3 Å². The molecule has 0 aliphatic heterocycles. The first-order valence-electron chi connectivity index (χ1n) is 7.87. The zero-order valence-corrected chi connectivity index (χ0v) is 14.1. The molecule has 2 amide bonds. The standard InChI is InChI=1S/C17H23N5O/c1-12-14(20-21-22(12)4)18-15(23)19-17(10-11-17)16(2,3)13-8-6-5-7-9-13/h5-9H,10-11H2,1-4H3,(H2,18,19,23). The van der Waals surface area contributed by atoms with Gasteiger partial charge in [0.15, 0.2) is 5.82 Å². The maximum atomic E-state index is 12.4. The molecule has 0 radical (unpaired) electrons. The van der Waals surface area contributed by atoms with E-state index in [1.807, 2.05) is 25.1 Å². The quantitative estimate of drug-likeness (QED) is 0.911. The second-order valence-corrected chi connectivity index (χ2v) is 6.80. The average molecular weight is 313 g/mol. The molecule has 0 bridgehead atoms. The van der Waals surface area contributed by atoms with Crippen LogP contribution in [0.5, 0.6) is 0 Å². The fraction of sp³-hybridized carbons (Fsp3) is 0.471. The second kappa shape index (κ2) is 5.37. The largest absolute Gasteiger partial charge is 0.332 e. The van der Waals surface area contributed by atoms with Crippen LogP contribution < -0.4 is 10.6 Å². The number of hydrogen-bond acceptors (Lipinski definition) is 3. The summed E-state index contributed by atoms with van der Waals surface area (Å²) in [5.74, 6) is 0.498. The van der Waals surface area contributed by atoms with Crippen molar-refractivity contribution in [2.75, 3.05) is 5.32 Å². The van der Waals surface area contributed by atoms with Gasteiger partial charge in [0.2, 0.25) is 0 Å². The molecule has 1 fully saturated rings. The minimum Gasteiger partial charge on any atom is -0.332 e. The molecule has 2 aromatic rings. The molecule has 0 unspecified atom stereocenters. The fourth-order valence-corrected chi connectivity index (χ4v) is 3.04. The highest BCUT2D eigenvalue weighted by molar-refractivity contribution is 5.89. The summed E-state index contributed by atoms with van der Waals surface area (Å²) in [6.07, 6.45) is 1.95. The molecule has 6 nitrogen and oxygen atoms in total. The third-order valence-electron chi connectivity index (χ3n) is 5.13. The van der Waals surface area contributed by atoms with Crippen LogP contribution in [0.15, 0.2) is 30.3 Å². The maximum Gasteiger partial charge on any atom is 0.320 e. The Kier molecular flexibility index (Phi) is 3.62. The molecule has 0 atom stereocenters. The van der Waals surface area contributed by atoms with Crippen LogP contribution >= 0.6 is 0 Å². The van der Waals surface area contributed by atoms with Gasteiger partial charge in [-0.2, -0.15) is 0 Å². The van der Waals surface area contributed by atoms with E-state index in [4.69, 9.17) is 0 Å². The first-order valence-corrected chi connectivity index (χ1v) is 7.87. The molecule has 122 valence electrons. The van der Waals surface area contributed by atoms with Gasteiger partial charge in [-0.1, -0.05) is 49.4 Å². The molecule has 2 N–H and O–H groups in total. The van der Waals surface area contributed by atoms with Gasteiger partial charge in [0.25, 0.3) is 0 Å². The molecular formula is C17H23N5O. The van der Waals surface area contributed by atoms with E-state index in [1.165, 1.54) is 5.56 Å². The third kappa shape index (κ3) is 2.69. The van der Waals surface area contributed by atoms with E-state index in [0.29, 0.717) is 5.82 Å². The summed E-state index contributed by atoms with van der Waals surface area (Å²) in [4.78, 5) is 12.4. The summed E-state index contributed by atoms with van der Waals surface area (Å²) in [5, 5.41) is 13.8. The van der Waals surface area contributed by atoms with E-state index in [0.717, 1.165) is 18.5 Å². The Morgan fingerprint density at radius 1 is 1.26 bits per heavy atom. The molecule has 0 saturated heterocycles. The molecule has 3 rings (SSSR count). The number of nitrogens with zero attached hydrogens (tertiary/aromatic N) is 3. The Bertz CT molecular complexity index is 716. The molecule has 0 spiro atoms. The summed E-state index contributed by atoms with van der Waals surface area (Å²) in [5.41, 5.74) is 1.71. The Morgan fingerprint density at radius 2 is 1.91 bits per heavy atom. The zero-order chi connectivity index (χ0) is 16.7. The van der Waals surface area contributed by atoms with Crippen LogP contribution in [0.1, 0.15) is 37.9 Å². The van der Waals surface area contributed by atoms with E-state index < -0.39 is 0 Å². The lowest BCUT2D eigenvalue weighted by Crippen LogP contribution is -2.51. The van der Waals surface area contributed by atoms with Crippen LogP contribution in [-0.2, 0) is 12.5 Å². The molecule has 1 aliphatic carbocycles. The summed E-state index contributed by atoms with van der Waals surface area (Å²) < 4.78 is 1.64. The monoisotopic (exact) mass is 313 g/mol. The van der Waals surface area contributed by atoms with Gasteiger partial charge in [-0.05, 0) is 25.3 Å². The summed E-state index contributed by atoms with van der Waals surface area (Å²) in [6.45, 7) is 6.24. The topological polar surface area (TPSA) is 71.8 Å². The van der Waals surface area contributed by atoms with Crippen LogP contribution in [0.2, 0.25) is 0 Å². The highest BCUT2D eigenvalue weighted by atomic mass is 16.2. The lowest BCUT2D eigenvalue weighted by atomic mass is 9.75. The fourth-order valence-electron chi connectivity index (χ4n) is 3.04. The van der Waals surface area contributed by atoms with Crippen LogP contribution in [0, 0.1) is 6.92 Å². The van der Waals surface area contributed by atoms with Crippen molar-refractivity contribution in [3.8, 4) is 0 Å². The highest BCUT2D eigenvalue weighted by Gasteiger charge is 2.56. The molecule has 1 aromatic heterocycles. The Hall–Kier alpha value is -2.37. The van der Waals surface area contributed by atoms with Crippen LogP contribution in [0.25, 0.3) is 0 Å². The number of hydrogen-bond donors (Lipinski definition) is 2. The summed E-state index contributed by atoms with van der Waals surface area (Å²) >= 11 is 0. The number of carbonyl (C=O) groups excluding carboxylic acids is 1. The minimum absolute atomic E-state index is 0.136. The predicted molar refractivity (Wildman–Crippen MR) is 89.3 cm³/mol. The van der Waals surface area contributed by atoms with E-state index in [2.05, 4.69) is 46.9 Å². The van der Waals surface area contributed by atoms with Gasteiger partial charge in [0.1, 0.15) is 0 Å². The van der Waals surface area contributed by atoms with Crippen LogP contribution in [-0.4, -0.2) is 26.6 Å². The van der Waals surface area contributed by atoms with Crippen molar-refractivity contribution >= 4 is 11.8 Å². The number of nitrogens with one attached hydrogen (secondary N) is 2. The number of amides is 2. The molecule has 1 heterocycles. The predicted octanol–water partition coefficient (Wildman–Crippen LogP) is 2.76. The average Bonchev–Trinajstić information content (AvgIpc) is 3.26. The van der Waals surface area contributed by atoms with Gasteiger partial charge < -0.3 is 5.32 Å². The van der Waals surface area contributed by atoms with E-state index in [9.17, 15) is 4.79 Å². The maximum absolute atomic E-state index is 12.4. The van der Waals surface area contributed by atoms with Crippen molar-refractivity contribution in [2.24, 2.45) is 7.05 Å². The number of rotatable bonds is 4. The van der Waals surface area contributed by atoms with E-state index in [1.54, 1.807) is 11.7 Å². The van der Waals surface area contributed by atoms with Crippen molar-refractivity contribution in [3.05, 3.63) is 41.6 Å². The lowest BCUT2D eigenvalue weighted by molar-refractivity contribution is 0.236. The first-order chi connectivity index (χ1) is 10.9. The number of aryl methyl sites for hydroxylation is 1. The van der Waals surface area contributed by atoms with Gasteiger partial charge in [-0.15, -0.1) is 5.10 Å². The van der Waals surface area contributed by atoms with Crippen LogP contribution in [0.3, 0.4) is 0 Å². The van der Waals surface area contributed by atoms with Gasteiger partial charge in [-0.25, -0.2) is 4.79 Å². The number of anilines is 1. The third-order valence-corrected chi connectivity index (χ3v) is 5.13. The molecule has 1 saturated carbocycles. The van der Waals surface area contributed by atoms with Gasteiger partial charge >= 0.3 is 6.03 Å². The molecule has 6 heteroatoms. The highest BCUT2D eigenvalue weighted by Crippen LogP contribution is 2.51. The second-order valence-electron chi connectivity index (χ2n) is 6.80. The first kappa shape index (κ1) is 15.5. The van der Waals surface area contributed by atoms with E-state index in [-0.39, 0.29) is 17.0 Å². The normalized spacial score (nSPS) is 16.0. The summed E-state index contributed by atoms with van der Waals surface area (Å²) in [6, 6.07) is 10.1. The SMILES string of the molecule is Cc1c(NC(=O)NC2(C(C)(C)c3ccccc3)CC2)nnn1C. The van der Waals surface area contributed by atoms with Crippen molar-refractivity contribution in [3.63, 3.8) is 0 Å². The molecule has 1 aliphatic rings. The smallest absolute Gasteiger partial charge is 0.320 e. The molecule has 1 aromatic carbocycles. The Labute approximate surface area is 136 Å². The van der Waals surface area contributed by atoms with Gasteiger partial charge in [-0.3, -0.25) is 10.00 Å². The molecule has 23 heavy (non-hydrogen) atoms. The van der Waals surface area contributed by atoms with Gasteiger partial charge in [0, 0.05) is 12.5 Å². The van der Waals surface area contributed by atoms with E-state index >= 15 is 0 Å². The molecular weight excluding hydrogens is 290 g/mol. The number of aromatic nitrogens is 3. The Balaban J connectivity index is 1.74. The number of benzene rings is 1. The Morgan fingerprint density at radius 3 is 2.43 bits per heavy atom. The minimum atomic E-state index is -0.227. The zero-order valence-electron chi connectivity index (χ0n) is 14.1. The van der Waals surface area contributed by atoms with Crippen molar-refractivity contribution in [2.45, 2.75) is 44.6 Å². The van der Waals surface area contributed by atoms with Gasteiger partial charge in [0.05, 0.1) is 11.2 Å².